The standard InChI is InChI=1S/2C24H29N3O3/c2*1-3-7-17-10-11-19-22-21(23(29)25-13-12-16-8-5-4-6-9-16)18(15-28)20(26(22)2)14-27(19)24(17)30/h2*3-11,18,20-22,28H,12-15H2,1-2H3,(H,25,29)/b7-3+;7-3-/t2*18-,20-,21+,22+/m11/s1. The van der Waals surface area contributed by atoms with E-state index >= 15 is 0 Å². The van der Waals surface area contributed by atoms with Gasteiger partial charge in [0.1, 0.15) is 0 Å². The molecule has 0 radical (unpaired) electrons. The number of amides is 2. The Labute approximate surface area is 351 Å². The van der Waals surface area contributed by atoms with Crippen LogP contribution in [0.4, 0.5) is 0 Å². The summed E-state index contributed by atoms with van der Waals surface area (Å²) in [7, 11) is 3.98. The monoisotopic (exact) mass is 814 g/mol. The molecule has 8 atom stereocenters. The molecule has 4 bridgehead atoms. The van der Waals surface area contributed by atoms with Crippen molar-refractivity contribution >= 4 is 24.0 Å². The van der Waals surface area contributed by atoms with Crippen LogP contribution >= 0.6 is 0 Å². The van der Waals surface area contributed by atoms with Crippen LogP contribution in [-0.4, -0.2) is 93.4 Å². The summed E-state index contributed by atoms with van der Waals surface area (Å²) in [5, 5.41) is 26.4. The molecule has 4 N–H and O–H groups in total. The smallest absolute Gasteiger partial charge is 0.258 e. The Kier molecular flexibility index (Phi) is 13.4. The number of aliphatic hydroxyl groups excluding tert-OH is 2. The Morgan fingerprint density at radius 3 is 1.35 bits per heavy atom. The quantitative estimate of drug-likeness (QED) is 0.170. The van der Waals surface area contributed by atoms with E-state index in [1.165, 1.54) is 11.1 Å². The summed E-state index contributed by atoms with van der Waals surface area (Å²) >= 11 is 0. The molecule has 0 saturated carbocycles. The number of carbonyl (C=O) groups is 2. The first-order valence-corrected chi connectivity index (χ1v) is 21.1. The highest BCUT2D eigenvalue weighted by molar-refractivity contribution is 5.81. The molecule has 8 rings (SSSR count). The average Bonchev–Trinajstić information content (AvgIpc) is 3.54. The van der Waals surface area contributed by atoms with Crippen molar-refractivity contribution in [3.8, 4) is 0 Å². The van der Waals surface area contributed by atoms with Crippen molar-refractivity contribution < 1.29 is 19.8 Å². The second-order valence-electron chi connectivity index (χ2n) is 16.4. The molecule has 0 spiro atoms. The Morgan fingerprint density at radius 2 is 1.00 bits per heavy atom. The molecule has 316 valence electrons. The van der Waals surface area contributed by atoms with Gasteiger partial charge in [0, 0.05) is 85.8 Å². The van der Waals surface area contributed by atoms with Crippen molar-refractivity contribution in [1.29, 1.82) is 0 Å². The van der Waals surface area contributed by atoms with E-state index < -0.39 is 0 Å². The van der Waals surface area contributed by atoms with Crippen LogP contribution in [0.5, 0.6) is 0 Å². The first-order valence-electron chi connectivity index (χ1n) is 21.1. The average molecular weight is 815 g/mol. The molecule has 4 aromatic rings. The Bertz CT molecular complexity index is 2160. The lowest BCUT2D eigenvalue weighted by Gasteiger charge is -2.35. The SMILES string of the molecule is C/C=C/c1ccc2n(c1=O)C[C@@H]1[C@@H](CO)[C@H](C(=O)NCCc3ccccc3)[C@H]2N1C.C/C=C\c1ccc2n(c1=O)C[C@@H]1[C@@H](CO)[C@H](C(=O)NCCc3ccccc3)[C@H]2N1C. The summed E-state index contributed by atoms with van der Waals surface area (Å²) in [6.45, 7) is 5.70. The first-order chi connectivity index (χ1) is 29.1. The minimum absolute atomic E-state index is 0.0319. The second kappa shape index (κ2) is 18.9. The molecular weight excluding hydrogens is 757 g/mol. The van der Waals surface area contributed by atoms with Gasteiger partial charge in [0.05, 0.1) is 23.9 Å². The Hall–Kier alpha value is -5.40. The molecule has 4 aliphatic heterocycles. The number of nitrogens with one attached hydrogen (secondary N) is 2. The molecular formula is C48H58N6O6. The summed E-state index contributed by atoms with van der Waals surface area (Å²) < 4.78 is 3.59. The van der Waals surface area contributed by atoms with E-state index in [9.17, 15) is 29.4 Å². The zero-order chi connectivity index (χ0) is 42.5. The van der Waals surface area contributed by atoms with Gasteiger partial charge in [0.15, 0.2) is 0 Å². The fourth-order valence-electron chi connectivity index (χ4n) is 10.2. The van der Waals surface area contributed by atoms with E-state index in [0.717, 1.165) is 24.2 Å². The summed E-state index contributed by atoms with van der Waals surface area (Å²) in [6.07, 6.45) is 8.85. The van der Waals surface area contributed by atoms with Crippen LogP contribution in [-0.2, 0) is 35.5 Å². The highest BCUT2D eigenvalue weighted by Crippen LogP contribution is 2.48. The molecule has 0 unspecified atom stereocenters. The number of hydrogen-bond donors (Lipinski definition) is 4. The van der Waals surface area contributed by atoms with Gasteiger partial charge in [-0.25, -0.2) is 0 Å². The van der Waals surface area contributed by atoms with Crippen molar-refractivity contribution in [1.82, 2.24) is 29.6 Å². The van der Waals surface area contributed by atoms with Gasteiger partial charge in [-0.15, -0.1) is 0 Å². The molecule has 6 heterocycles. The topological polar surface area (TPSA) is 149 Å². The van der Waals surface area contributed by atoms with E-state index in [4.69, 9.17) is 0 Å². The van der Waals surface area contributed by atoms with Crippen molar-refractivity contribution in [2.45, 2.75) is 63.9 Å². The molecule has 0 aliphatic carbocycles. The van der Waals surface area contributed by atoms with Gasteiger partial charge in [-0.05, 0) is 76.2 Å². The molecule has 2 aromatic heterocycles. The number of fused-ring (bicyclic) bond motifs is 8. The van der Waals surface area contributed by atoms with Crippen molar-refractivity contribution in [3.05, 3.63) is 151 Å². The summed E-state index contributed by atoms with van der Waals surface area (Å²) in [5.74, 6) is -1.30. The molecule has 12 nitrogen and oxygen atoms in total. The van der Waals surface area contributed by atoms with Crippen molar-refractivity contribution in [2.75, 3.05) is 40.4 Å². The Morgan fingerprint density at radius 1 is 0.617 bits per heavy atom. The number of likely N-dealkylation sites (N-methyl/N-ethyl adjacent to an activating group) is 2. The molecule has 4 aliphatic rings. The maximum Gasteiger partial charge on any atom is 0.258 e. The largest absolute Gasteiger partial charge is 0.396 e. The van der Waals surface area contributed by atoms with Crippen molar-refractivity contribution in [2.24, 2.45) is 23.7 Å². The summed E-state index contributed by atoms with van der Waals surface area (Å²) in [6, 6.07) is 27.1. The number of aliphatic hydroxyl groups is 2. The number of carbonyl (C=O) groups excluding carboxylic acids is 2. The van der Waals surface area contributed by atoms with E-state index in [1.807, 2.05) is 137 Å². The van der Waals surface area contributed by atoms with Crippen LogP contribution in [0, 0.1) is 23.7 Å². The fourth-order valence-corrected chi connectivity index (χ4v) is 10.2. The van der Waals surface area contributed by atoms with Gasteiger partial charge in [0.25, 0.3) is 11.1 Å². The zero-order valence-corrected chi connectivity index (χ0v) is 35.0. The van der Waals surface area contributed by atoms with E-state index in [-0.39, 0.29) is 84.0 Å². The third-order valence-corrected chi connectivity index (χ3v) is 13.2. The Balaban J connectivity index is 0.000000181. The lowest BCUT2D eigenvalue weighted by atomic mass is 9.86. The van der Waals surface area contributed by atoms with Gasteiger partial charge in [-0.3, -0.25) is 29.0 Å². The normalized spacial score (nSPS) is 25.4. The van der Waals surface area contributed by atoms with Crippen LogP contribution in [0.2, 0.25) is 0 Å². The van der Waals surface area contributed by atoms with E-state index in [1.54, 1.807) is 9.13 Å². The van der Waals surface area contributed by atoms with E-state index in [0.29, 0.717) is 37.3 Å². The zero-order valence-electron chi connectivity index (χ0n) is 35.0. The summed E-state index contributed by atoms with van der Waals surface area (Å²) in [4.78, 5) is 56.7. The van der Waals surface area contributed by atoms with E-state index in [2.05, 4.69) is 20.4 Å². The number of allylic oxidation sites excluding steroid dienone is 2. The van der Waals surface area contributed by atoms with Gasteiger partial charge in [-0.1, -0.05) is 85.0 Å². The molecule has 2 saturated heterocycles. The summed E-state index contributed by atoms with van der Waals surface area (Å²) in [5.41, 5.74) is 5.28. The number of nitrogens with zero attached hydrogens (tertiary/aromatic N) is 4. The third kappa shape index (κ3) is 8.21. The predicted octanol–water partition coefficient (Wildman–Crippen LogP) is 3.67. The maximum atomic E-state index is 13.2. The van der Waals surface area contributed by atoms with Crippen LogP contribution in [0.15, 0.2) is 107 Å². The van der Waals surface area contributed by atoms with Gasteiger partial charge in [0.2, 0.25) is 11.8 Å². The number of benzene rings is 2. The molecule has 2 amide bonds. The maximum absolute atomic E-state index is 13.2. The minimum atomic E-state index is -0.388. The molecule has 12 heteroatoms. The van der Waals surface area contributed by atoms with Crippen LogP contribution in [0.1, 0.15) is 59.6 Å². The fraction of sp³-hybridized carbons (Fsp3) is 0.417. The first kappa shape index (κ1) is 42.7. The van der Waals surface area contributed by atoms with Gasteiger partial charge >= 0.3 is 0 Å². The number of aromatic nitrogens is 2. The molecule has 2 aromatic carbocycles. The molecule has 2 fully saturated rings. The predicted molar refractivity (Wildman–Crippen MR) is 234 cm³/mol. The lowest BCUT2D eigenvalue weighted by molar-refractivity contribution is -0.128. The number of hydrogen-bond acceptors (Lipinski definition) is 8. The minimum Gasteiger partial charge on any atom is -0.396 e. The van der Waals surface area contributed by atoms with Crippen LogP contribution < -0.4 is 21.8 Å². The lowest BCUT2D eigenvalue weighted by Crippen LogP contribution is -2.44. The number of pyridine rings is 2. The van der Waals surface area contributed by atoms with Gasteiger partial charge < -0.3 is 30.0 Å². The van der Waals surface area contributed by atoms with Gasteiger partial charge in [-0.2, -0.15) is 0 Å². The third-order valence-electron chi connectivity index (χ3n) is 13.2. The highest BCUT2D eigenvalue weighted by atomic mass is 16.3. The molecule has 60 heavy (non-hydrogen) atoms. The second-order valence-corrected chi connectivity index (χ2v) is 16.4. The number of rotatable bonds is 12. The highest BCUT2D eigenvalue weighted by Gasteiger charge is 2.55. The van der Waals surface area contributed by atoms with Crippen LogP contribution in [0.3, 0.4) is 0 Å². The van der Waals surface area contributed by atoms with Crippen LogP contribution in [0.25, 0.3) is 12.2 Å². The van der Waals surface area contributed by atoms with Crippen molar-refractivity contribution in [3.63, 3.8) is 0 Å².